The van der Waals surface area contributed by atoms with Gasteiger partial charge in [-0.1, -0.05) is 30.3 Å². The van der Waals surface area contributed by atoms with Gasteiger partial charge in [0.25, 0.3) is 5.56 Å². The Hall–Kier alpha value is -3.04. The van der Waals surface area contributed by atoms with Crippen LogP contribution in [-0.4, -0.2) is 41.8 Å². The molecule has 0 saturated carbocycles. The summed E-state index contributed by atoms with van der Waals surface area (Å²) in [5, 5.41) is 0.295. The number of fused-ring (bicyclic) bond motifs is 1. The molecule has 0 radical (unpaired) electrons. The van der Waals surface area contributed by atoms with Gasteiger partial charge in [-0.25, -0.2) is 14.6 Å². The number of benzene rings is 1. The highest BCUT2D eigenvalue weighted by molar-refractivity contribution is 7.20. The van der Waals surface area contributed by atoms with Gasteiger partial charge in [0, 0.05) is 7.11 Å². The van der Waals surface area contributed by atoms with Crippen molar-refractivity contribution < 1.29 is 23.8 Å². The van der Waals surface area contributed by atoms with E-state index in [2.05, 4.69) is 4.98 Å². The maximum Gasteiger partial charge on any atom is 0.348 e. The van der Waals surface area contributed by atoms with E-state index >= 15 is 0 Å². The number of carbonyl (C=O) groups is 2. The number of esters is 2. The number of nitrogens with zero attached hydrogens (tertiary/aromatic N) is 2. The fourth-order valence-corrected chi connectivity index (χ4v) is 3.89. The Labute approximate surface area is 177 Å². The minimum atomic E-state index is -0.866. The Bertz CT molecular complexity index is 1110. The van der Waals surface area contributed by atoms with Crippen molar-refractivity contribution in [2.45, 2.75) is 26.5 Å². The van der Waals surface area contributed by atoms with Gasteiger partial charge in [0.05, 0.1) is 18.3 Å². The summed E-state index contributed by atoms with van der Waals surface area (Å²) in [6.07, 6.45) is 1.30. The second-order valence-corrected chi connectivity index (χ2v) is 7.59. The standard InChI is InChI=1S/C21H22N2O6S/c1-13-16-18(30-17(13)21(26)28-10-9-27-3)22-12-23(19(16)24)14(2)20(25)29-11-15-7-5-4-6-8-15/h4-8,12,14H,9-11H2,1-3H3. The molecule has 0 aliphatic carbocycles. The molecule has 9 heteroatoms. The molecule has 3 rings (SSSR count). The Morgan fingerprint density at radius 1 is 1.17 bits per heavy atom. The summed E-state index contributed by atoms with van der Waals surface area (Å²) < 4.78 is 16.6. The Kier molecular flexibility index (Phi) is 6.96. The lowest BCUT2D eigenvalue weighted by Crippen LogP contribution is -2.29. The minimum Gasteiger partial charge on any atom is -0.459 e. The predicted molar refractivity (Wildman–Crippen MR) is 112 cm³/mol. The van der Waals surface area contributed by atoms with Gasteiger partial charge in [-0.2, -0.15) is 0 Å². The van der Waals surface area contributed by atoms with E-state index in [4.69, 9.17) is 14.2 Å². The molecule has 1 unspecified atom stereocenters. The molecule has 0 fully saturated rings. The molecule has 0 saturated heterocycles. The summed E-state index contributed by atoms with van der Waals surface area (Å²) in [6.45, 7) is 3.75. The number of rotatable bonds is 8. The molecule has 158 valence electrons. The van der Waals surface area contributed by atoms with Gasteiger partial charge in [0.1, 0.15) is 29.0 Å². The molecular formula is C21H22N2O6S. The lowest BCUT2D eigenvalue weighted by atomic mass is 10.2. The van der Waals surface area contributed by atoms with E-state index in [1.54, 1.807) is 13.8 Å². The molecule has 0 N–H and O–H groups in total. The number of methoxy groups -OCH3 is 1. The first-order chi connectivity index (χ1) is 14.4. The summed E-state index contributed by atoms with van der Waals surface area (Å²) >= 11 is 1.08. The first kappa shape index (κ1) is 21.7. The molecule has 0 aliphatic heterocycles. The van der Waals surface area contributed by atoms with Gasteiger partial charge in [-0.05, 0) is 25.0 Å². The molecule has 0 spiro atoms. The van der Waals surface area contributed by atoms with E-state index in [1.807, 2.05) is 30.3 Å². The van der Waals surface area contributed by atoms with Crippen molar-refractivity contribution in [3.63, 3.8) is 0 Å². The van der Waals surface area contributed by atoms with E-state index in [9.17, 15) is 14.4 Å². The van der Waals surface area contributed by atoms with Crippen LogP contribution < -0.4 is 5.56 Å². The molecule has 8 nitrogen and oxygen atoms in total. The quantitative estimate of drug-likeness (QED) is 0.400. The number of thiophene rings is 1. The largest absolute Gasteiger partial charge is 0.459 e. The molecule has 1 aromatic carbocycles. The fourth-order valence-electron chi connectivity index (χ4n) is 2.85. The van der Waals surface area contributed by atoms with Crippen LogP contribution in [0.4, 0.5) is 0 Å². The van der Waals surface area contributed by atoms with Crippen molar-refractivity contribution in [2.24, 2.45) is 0 Å². The van der Waals surface area contributed by atoms with Crippen LogP contribution >= 0.6 is 11.3 Å². The van der Waals surface area contributed by atoms with Gasteiger partial charge < -0.3 is 14.2 Å². The lowest BCUT2D eigenvalue weighted by Gasteiger charge is -2.14. The van der Waals surface area contributed by atoms with Crippen molar-refractivity contribution in [3.8, 4) is 0 Å². The van der Waals surface area contributed by atoms with Crippen LogP contribution in [-0.2, 0) is 25.6 Å². The van der Waals surface area contributed by atoms with Crippen molar-refractivity contribution in [1.29, 1.82) is 0 Å². The second-order valence-electron chi connectivity index (χ2n) is 6.59. The topological polar surface area (TPSA) is 96.7 Å². The highest BCUT2D eigenvalue weighted by Gasteiger charge is 2.24. The number of ether oxygens (including phenoxy) is 3. The van der Waals surface area contributed by atoms with Crippen LogP contribution in [0.5, 0.6) is 0 Å². The first-order valence-corrected chi connectivity index (χ1v) is 10.1. The Balaban J connectivity index is 1.82. The summed E-state index contributed by atoms with van der Waals surface area (Å²) in [6, 6.07) is 8.41. The highest BCUT2D eigenvalue weighted by atomic mass is 32.1. The molecule has 1 atom stereocenters. The third-order valence-corrected chi connectivity index (χ3v) is 5.74. The van der Waals surface area contributed by atoms with Crippen LogP contribution in [0.25, 0.3) is 10.2 Å². The number of hydrogen-bond donors (Lipinski definition) is 0. The van der Waals surface area contributed by atoms with Gasteiger partial charge in [0.15, 0.2) is 0 Å². The van der Waals surface area contributed by atoms with Gasteiger partial charge in [0.2, 0.25) is 0 Å². The number of aryl methyl sites for hydroxylation is 1. The molecule has 0 aliphatic rings. The zero-order valence-corrected chi connectivity index (χ0v) is 17.7. The van der Waals surface area contributed by atoms with E-state index < -0.39 is 23.5 Å². The average molecular weight is 430 g/mol. The third kappa shape index (κ3) is 4.58. The van der Waals surface area contributed by atoms with Crippen molar-refractivity contribution in [1.82, 2.24) is 9.55 Å². The molecule has 0 bridgehead atoms. The first-order valence-electron chi connectivity index (χ1n) is 9.31. The summed E-state index contributed by atoms with van der Waals surface area (Å²) in [5.74, 6) is -1.08. The average Bonchev–Trinajstić information content (AvgIpc) is 3.10. The van der Waals surface area contributed by atoms with Crippen LogP contribution in [0.15, 0.2) is 41.5 Å². The Morgan fingerprint density at radius 3 is 2.60 bits per heavy atom. The van der Waals surface area contributed by atoms with Crippen molar-refractivity contribution in [2.75, 3.05) is 20.3 Å². The van der Waals surface area contributed by atoms with E-state index in [1.165, 1.54) is 18.0 Å². The maximum atomic E-state index is 13.0. The molecular weight excluding hydrogens is 408 g/mol. The molecule has 2 aromatic heterocycles. The van der Waals surface area contributed by atoms with Gasteiger partial charge in [-0.3, -0.25) is 9.36 Å². The van der Waals surface area contributed by atoms with E-state index in [-0.39, 0.29) is 19.8 Å². The summed E-state index contributed by atoms with van der Waals surface area (Å²) in [5.41, 5.74) is 0.923. The zero-order chi connectivity index (χ0) is 21.7. The van der Waals surface area contributed by atoms with Crippen molar-refractivity contribution >= 4 is 33.5 Å². The minimum absolute atomic E-state index is 0.114. The lowest BCUT2D eigenvalue weighted by molar-refractivity contribution is -0.148. The van der Waals surface area contributed by atoms with Crippen LogP contribution in [0.3, 0.4) is 0 Å². The summed E-state index contributed by atoms with van der Waals surface area (Å²) in [7, 11) is 1.51. The molecule has 2 heterocycles. The normalized spacial score (nSPS) is 12.0. The number of aromatic nitrogens is 2. The smallest absolute Gasteiger partial charge is 0.348 e. The maximum absolute atomic E-state index is 13.0. The molecule has 0 amide bonds. The van der Waals surface area contributed by atoms with Crippen LogP contribution in [0.2, 0.25) is 0 Å². The zero-order valence-electron chi connectivity index (χ0n) is 16.9. The van der Waals surface area contributed by atoms with Crippen molar-refractivity contribution in [3.05, 3.63) is 63.0 Å². The third-order valence-electron chi connectivity index (χ3n) is 4.56. The Morgan fingerprint density at radius 2 is 1.90 bits per heavy atom. The predicted octanol–water partition coefficient (Wildman–Crippen LogP) is 2.87. The van der Waals surface area contributed by atoms with E-state index in [0.717, 1.165) is 16.9 Å². The highest BCUT2D eigenvalue weighted by Crippen LogP contribution is 2.28. The van der Waals surface area contributed by atoms with Gasteiger partial charge in [-0.15, -0.1) is 11.3 Å². The van der Waals surface area contributed by atoms with Crippen LogP contribution in [0.1, 0.15) is 33.8 Å². The summed E-state index contributed by atoms with van der Waals surface area (Å²) in [4.78, 5) is 42.8. The van der Waals surface area contributed by atoms with Gasteiger partial charge >= 0.3 is 11.9 Å². The number of hydrogen-bond acceptors (Lipinski definition) is 8. The molecule has 3 aromatic rings. The monoisotopic (exact) mass is 430 g/mol. The fraction of sp³-hybridized carbons (Fsp3) is 0.333. The number of carbonyl (C=O) groups excluding carboxylic acids is 2. The second kappa shape index (κ2) is 9.64. The van der Waals surface area contributed by atoms with Crippen LogP contribution in [0, 0.1) is 6.92 Å². The molecule has 30 heavy (non-hydrogen) atoms. The SMILES string of the molecule is COCCOC(=O)c1sc2ncn(C(C)C(=O)OCc3ccccc3)c(=O)c2c1C. The van der Waals surface area contributed by atoms with E-state index in [0.29, 0.717) is 20.7 Å².